The summed E-state index contributed by atoms with van der Waals surface area (Å²) in [7, 11) is 1.47. The normalized spacial score (nSPS) is 15.5. The highest BCUT2D eigenvalue weighted by molar-refractivity contribution is 9.10. The van der Waals surface area contributed by atoms with Crippen LogP contribution in [0.25, 0.3) is 10.8 Å². The Morgan fingerprint density at radius 2 is 1.60 bits per heavy atom. The van der Waals surface area contributed by atoms with Gasteiger partial charge in [-0.2, -0.15) is 0 Å². The number of hydrogen-bond donors (Lipinski definition) is 1. The largest absolute Gasteiger partial charge is 0.444 e. The number of nitrogens with one attached hydrogen (secondary N) is 1. The highest BCUT2D eigenvalue weighted by Gasteiger charge is 2.39. The number of ether oxygens (including phenoxy) is 1. The third-order valence-electron chi connectivity index (χ3n) is 8.29. The van der Waals surface area contributed by atoms with Gasteiger partial charge in [-0.15, -0.1) is 0 Å². The molecule has 0 fully saturated rings. The maximum Gasteiger partial charge on any atom is 0.410 e. The van der Waals surface area contributed by atoms with Gasteiger partial charge in [-0.1, -0.05) is 60.7 Å². The second-order valence-corrected chi connectivity index (χ2v) is 13.6. The minimum atomic E-state index is -1.13. The maximum absolute atomic E-state index is 14.6. The number of amides is 4. The molecule has 10 heteroatoms. The van der Waals surface area contributed by atoms with E-state index in [9.17, 15) is 19.2 Å². The molecule has 0 unspecified atom stereocenters. The van der Waals surface area contributed by atoms with Crippen molar-refractivity contribution in [1.82, 2.24) is 10.2 Å². The fourth-order valence-corrected chi connectivity index (χ4v) is 6.06. The molecule has 1 heterocycles. The van der Waals surface area contributed by atoms with E-state index in [1.54, 1.807) is 50.8 Å². The number of carbonyl (C=O) groups is 4. The van der Waals surface area contributed by atoms with Gasteiger partial charge in [0.15, 0.2) is 0 Å². The predicted molar refractivity (Wildman–Crippen MR) is 188 cm³/mol. The van der Waals surface area contributed by atoms with E-state index >= 15 is 0 Å². The summed E-state index contributed by atoms with van der Waals surface area (Å²) in [5.74, 6) is -1.27. The molecule has 1 aliphatic heterocycles. The van der Waals surface area contributed by atoms with E-state index in [0.29, 0.717) is 21.4 Å². The smallest absolute Gasteiger partial charge is 0.410 e. The second-order valence-electron chi connectivity index (χ2n) is 12.7. The molecule has 4 amide bonds. The number of anilines is 2. The first-order valence-corrected chi connectivity index (χ1v) is 16.3. The summed E-state index contributed by atoms with van der Waals surface area (Å²) in [6.45, 7) is 8.88. The molecule has 0 bridgehead atoms. The summed E-state index contributed by atoms with van der Waals surface area (Å²) in [6.07, 6.45) is -0.668. The van der Waals surface area contributed by atoms with E-state index in [1.165, 1.54) is 16.8 Å². The summed E-state index contributed by atoms with van der Waals surface area (Å²) in [5.41, 5.74) is 2.71. The Balaban J connectivity index is 1.57. The first kappa shape index (κ1) is 33.7. The summed E-state index contributed by atoms with van der Waals surface area (Å²) >= 11 is 3.50. The Hall–Kier alpha value is -4.70. The zero-order valence-electron chi connectivity index (χ0n) is 27.4. The van der Waals surface area contributed by atoms with Gasteiger partial charge >= 0.3 is 6.09 Å². The molecule has 0 saturated heterocycles. The molecule has 0 radical (unpaired) electrons. The van der Waals surface area contributed by atoms with Crippen LogP contribution in [0.2, 0.25) is 0 Å². The van der Waals surface area contributed by atoms with E-state index in [-0.39, 0.29) is 24.9 Å². The van der Waals surface area contributed by atoms with Crippen LogP contribution >= 0.6 is 15.9 Å². The standard InChI is InChI=1S/C37H39BrN4O5/c1-23-19-20-25-13-7-8-14-26(25)28(23)21-41-31-17-11-12-18-32(31)42(34(44)27-15-9-10-16-29(27)38)22-30(35(41)45)39-33(43)24(2)40(6)36(46)47-37(3,4)5/h7-20,24,30H,21-22H2,1-6H3,(H,39,43)/t24-,30-/m0/s1. The lowest BCUT2D eigenvalue weighted by atomic mass is 9.99. The molecule has 1 N–H and O–H groups in total. The van der Waals surface area contributed by atoms with Crippen LogP contribution in [0.3, 0.4) is 0 Å². The van der Waals surface area contributed by atoms with Crippen LogP contribution in [0.4, 0.5) is 16.2 Å². The lowest BCUT2D eigenvalue weighted by molar-refractivity contribution is -0.130. The summed E-state index contributed by atoms with van der Waals surface area (Å²) in [5, 5.41) is 4.93. The molecule has 4 aromatic carbocycles. The average Bonchev–Trinajstić information content (AvgIpc) is 3.15. The molecule has 0 saturated carbocycles. The summed E-state index contributed by atoms with van der Waals surface area (Å²) in [6, 6.07) is 24.3. The van der Waals surface area contributed by atoms with Crippen LogP contribution in [0.5, 0.6) is 0 Å². The Morgan fingerprint density at radius 3 is 2.30 bits per heavy atom. The minimum Gasteiger partial charge on any atom is -0.444 e. The number of aryl methyl sites for hydroxylation is 1. The number of halogens is 1. The van der Waals surface area contributed by atoms with E-state index in [1.807, 2.05) is 67.6 Å². The minimum absolute atomic E-state index is 0.129. The van der Waals surface area contributed by atoms with Crippen molar-refractivity contribution in [3.05, 3.63) is 106 Å². The zero-order valence-corrected chi connectivity index (χ0v) is 29.0. The lowest BCUT2D eigenvalue weighted by Gasteiger charge is -2.30. The van der Waals surface area contributed by atoms with Crippen LogP contribution in [0, 0.1) is 6.92 Å². The third kappa shape index (κ3) is 7.17. The predicted octanol–water partition coefficient (Wildman–Crippen LogP) is 6.84. The molecule has 47 heavy (non-hydrogen) atoms. The van der Waals surface area contributed by atoms with Crippen molar-refractivity contribution in [3.8, 4) is 0 Å². The van der Waals surface area contributed by atoms with Crippen molar-refractivity contribution >= 4 is 61.9 Å². The molecule has 1 aliphatic rings. The number of likely N-dealkylation sites (N-methyl/N-ethyl adjacent to an activating group) is 1. The SMILES string of the molecule is Cc1ccc2ccccc2c1CN1C(=O)[C@@H](NC(=O)[C@H](C)N(C)C(=O)OC(C)(C)C)CN(C(=O)c2ccccc2Br)c2ccccc21. The van der Waals surface area contributed by atoms with E-state index < -0.39 is 29.7 Å². The number of para-hydroxylation sites is 2. The third-order valence-corrected chi connectivity index (χ3v) is 8.98. The Kier molecular flexibility index (Phi) is 9.72. The molecule has 244 valence electrons. The monoisotopic (exact) mass is 698 g/mol. The van der Waals surface area contributed by atoms with Crippen LogP contribution in [-0.2, 0) is 20.9 Å². The number of fused-ring (bicyclic) bond motifs is 2. The molecule has 4 aromatic rings. The van der Waals surface area contributed by atoms with Crippen LogP contribution in [0.1, 0.15) is 49.2 Å². The van der Waals surface area contributed by atoms with Gasteiger partial charge in [0.25, 0.3) is 11.8 Å². The first-order chi connectivity index (χ1) is 22.3. The van der Waals surface area contributed by atoms with Gasteiger partial charge in [-0.25, -0.2) is 4.79 Å². The van der Waals surface area contributed by atoms with E-state index in [0.717, 1.165) is 21.9 Å². The van der Waals surface area contributed by atoms with Gasteiger partial charge in [-0.3, -0.25) is 19.3 Å². The van der Waals surface area contributed by atoms with E-state index in [4.69, 9.17) is 4.74 Å². The van der Waals surface area contributed by atoms with E-state index in [2.05, 4.69) is 27.3 Å². The average molecular weight is 700 g/mol. The topological polar surface area (TPSA) is 99.3 Å². The number of carbonyl (C=O) groups excluding carboxylic acids is 4. The fraction of sp³-hybridized carbons (Fsp3) is 0.297. The fourth-order valence-electron chi connectivity index (χ4n) is 5.60. The molecule has 0 aliphatic carbocycles. The lowest BCUT2D eigenvalue weighted by Crippen LogP contribution is -2.57. The van der Waals surface area contributed by atoms with Gasteiger partial charge in [0.1, 0.15) is 17.7 Å². The highest BCUT2D eigenvalue weighted by Crippen LogP contribution is 2.37. The molecule has 5 rings (SSSR count). The summed E-state index contributed by atoms with van der Waals surface area (Å²) < 4.78 is 6.06. The maximum atomic E-state index is 14.6. The van der Waals surface area contributed by atoms with Gasteiger partial charge in [0.05, 0.1) is 30.0 Å². The number of hydrogen-bond acceptors (Lipinski definition) is 5. The number of nitrogens with zero attached hydrogens (tertiary/aromatic N) is 3. The molecule has 9 nitrogen and oxygen atoms in total. The van der Waals surface area contributed by atoms with Gasteiger partial charge in [0.2, 0.25) is 5.91 Å². The second kappa shape index (κ2) is 13.6. The van der Waals surface area contributed by atoms with Crippen molar-refractivity contribution in [3.63, 3.8) is 0 Å². The van der Waals surface area contributed by atoms with Crippen molar-refractivity contribution in [2.45, 2.75) is 58.8 Å². The van der Waals surface area contributed by atoms with Crippen molar-refractivity contribution in [2.75, 3.05) is 23.4 Å². The highest BCUT2D eigenvalue weighted by atomic mass is 79.9. The Bertz CT molecular complexity index is 1850. The van der Waals surface area contributed by atoms with Crippen LogP contribution in [0.15, 0.2) is 89.4 Å². The van der Waals surface area contributed by atoms with Gasteiger partial charge < -0.3 is 19.9 Å². The molecule has 0 spiro atoms. The van der Waals surface area contributed by atoms with Gasteiger partial charge in [-0.05, 0) is 96.7 Å². The zero-order chi connectivity index (χ0) is 34.0. The first-order valence-electron chi connectivity index (χ1n) is 15.5. The quantitative estimate of drug-likeness (QED) is 0.238. The van der Waals surface area contributed by atoms with Crippen molar-refractivity contribution in [2.24, 2.45) is 0 Å². The van der Waals surface area contributed by atoms with Crippen LogP contribution < -0.4 is 15.1 Å². The van der Waals surface area contributed by atoms with Crippen molar-refractivity contribution in [1.29, 1.82) is 0 Å². The number of rotatable bonds is 6. The van der Waals surface area contributed by atoms with Crippen LogP contribution in [-0.4, -0.2) is 60.0 Å². The van der Waals surface area contributed by atoms with Crippen molar-refractivity contribution < 1.29 is 23.9 Å². The number of benzene rings is 4. The Labute approximate surface area is 283 Å². The molecular formula is C37H39BrN4O5. The summed E-state index contributed by atoms with van der Waals surface area (Å²) in [4.78, 5) is 59.7. The molecule has 0 aromatic heterocycles. The Morgan fingerprint density at radius 1 is 0.957 bits per heavy atom. The molecular weight excluding hydrogens is 660 g/mol. The van der Waals surface area contributed by atoms with Gasteiger partial charge in [0, 0.05) is 11.5 Å². The molecule has 2 atom stereocenters.